The van der Waals surface area contributed by atoms with Crippen LogP contribution < -0.4 is 4.74 Å². The van der Waals surface area contributed by atoms with Gasteiger partial charge in [0.1, 0.15) is 0 Å². The molecule has 13 heavy (non-hydrogen) atoms. The number of halogens is 2. The van der Waals surface area contributed by atoms with Crippen molar-refractivity contribution in [2.45, 2.75) is 6.92 Å². The second-order valence-corrected chi connectivity index (χ2v) is 2.30. The maximum atomic E-state index is 12.9. The number of aromatic nitrogens is 1. The quantitative estimate of drug-likeness (QED) is 0.676. The molecule has 1 rings (SSSR count). The number of nitrogens with zero attached hydrogens (tertiary/aromatic N) is 1. The van der Waals surface area contributed by atoms with Gasteiger partial charge in [0.2, 0.25) is 6.86 Å². The van der Waals surface area contributed by atoms with E-state index in [0.717, 1.165) is 12.4 Å². The second-order valence-electron chi connectivity index (χ2n) is 2.30. The summed E-state index contributed by atoms with van der Waals surface area (Å²) < 4.78 is 29.1. The molecule has 0 bridgehead atoms. The van der Waals surface area contributed by atoms with E-state index in [1.165, 1.54) is 6.92 Å². The fraction of sp³-hybridized carbons (Fsp3) is 0.250. The summed E-state index contributed by atoms with van der Waals surface area (Å²) in [6, 6.07) is 0. The van der Waals surface area contributed by atoms with Gasteiger partial charge < -0.3 is 4.74 Å². The standard InChI is InChI=1S/C8H7F2NO2/c1-5(12)8-6(10)2-11-3-7(8)13-4-9/h2-3H,4H2,1H3. The molecule has 1 heterocycles. The van der Waals surface area contributed by atoms with Gasteiger partial charge in [0.05, 0.1) is 18.0 Å². The zero-order valence-corrected chi connectivity index (χ0v) is 6.88. The van der Waals surface area contributed by atoms with Crippen molar-refractivity contribution in [3.63, 3.8) is 0 Å². The predicted octanol–water partition coefficient (Wildman–Crippen LogP) is 1.73. The fourth-order valence-electron chi connectivity index (χ4n) is 0.927. The van der Waals surface area contributed by atoms with Gasteiger partial charge in [-0.2, -0.15) is 0 Å². The molecule has 0 unspecified atom stereocenters. The van der Waals surface area contributed by atoms with Gasteiger partial charge in [-0.15, -0.1) is 0 Å². The molecule has 0 saturated carbocycles. The largest absolute Gasteiger partial charge is 0.460 e. The molecule has 0 spiro atoms. The van der Waals surface area contributed by atoms with E-state index in [1.807, 2.05) is 0 Å². The molecule has 0 aliphatic carbocycles. The van der Waals surface area contributed by atoms with Crippen LogP contribution in [-0.4, -0.2) is 17.6 Å². The number of ketones is 1. The maximum Gasteiger partial charge on any atom is 0.228 e. The Balaban J connectivity index is 3.17. The van der Waals surface area contributed by atoms with Crippen LogP contribution in [0.2, 0.25) is 0 Å². The average molecular weight is 187 g/mol. The Morgan fingerprint density at radius 1 is 1.62 bits per heavy atom. The summed E-state index contributed by atoms with van der Waals surface area (Å²) in [6.07, 6.45) is 1.97. The van der Waals surface area contributed by atoms with Crippen LogP contribution in [0.1, 0.15) is 17.3 Å². The number of rotatable bonds is 3. The van der Waals surface area contributed by atoms with E-state index in [9.17, 15) is 13.6 Å². The lowest BCUT2D eigenvalue weighted by Crippen LogP contribution is -2.03. The van der Waals surface area contributed by atoms with Gasteiger partial charge in [-0.3, -0.25) is 9.78 Å². The topological polar surface area (TPSA) is 39.2 Å². The lowest BCUT2D eigenvalue weighted by Gasteiger charge is -2.05. The second kappa shape index (κ2) is 3.93. The highest BCUT2D eigenvalue weighted by atomic mass is 19.1. The van der Waals surface area contributed by atoms with Gasteiger partial charge in [-0.05, 0) is 6.92 Å². The summed E-state index contributed by atoms with van der Waals surface area (Å²) in [6.45, 7) is 0.0505. The summed E-state index contributed by atoms with van der Waals surface area (Å²) in [4.78, 5) is 14.3. The van der Waals surface area contributed by atoms with Crippen LogP contribution in [0, 0.1) is 5.82 Å². The Morgan fingerprint density at radius 3 is 2.85 bits per heavy atom. The van der Waals surface area contributed by atoms with Crippen LogP contribution in [-0.2, 0) is 0 Å². The van der Waals surface area contributed by atoms with Crippen molar-refractivity contribution in [3.8, 4) is 5.75 Å². The number of ether oxygens (including phenoxy) is 1. The molecule has 3 nitrogen and oxygen atoms in total. The van der Waals surface area contributed by atoms with Gasteiger partial charge in [-0.25, -0.2) is 8.78 Å². The molecule has 0 amide bonds. The summed E-state index contributed by atoms with van der Waals surface area (Å²) in [5.41, 5.74) is -0.271. The Morgan fingerprint density at radius 2 is 2.31 bits per heavy atom. The Hall–Kier alpha value is -1.52. The molecule has 0 radical (unpaired) electrons. The Kier molecular flexibility index (Phi) is 2.89. The zero-order valence-electron chi connectivity index (χ0n) is 6.88. The number of alkyl halides is 1. The Bertz CT molecular complexity index is 328. The van der Waals surface area contributed by atoms with E-state index >= 15 is 0 Å². The lowest BCUT2D eigenvalue weighted by molar-refractivity contribution is 0.100. The monoisotopic (exact) mass is 187 g/mol. The maximum absolute atomic E-state index is 12.9. The minimum atomic E-state index is -1.12. The fourth-order valence-corrected chi connectivity index (χ4v) is 0.927. The number of pyridine rings is 1. The third-order valence-electron chi connectivity index (χ3n) is 1.43. The third kappa shape index (κ3) is 1.99. The van der Waals surface area contributed by atoms with Gasteiger partial charge in [0.15, 0.2) is 17.3 Å². The summed E-state index contributed by atoms with van der Waals surface area (Å²) >= 11 is 0. The summed E-state index contributed by atoms with van der Waals surface area (Å²) in [5, 5.41) is 0. The predicted molar refractivity (Wildman–Crippen MR) is 40.8 cm³/mol. The molecular weight excluding hydrogens is 180 g/mol. The van der Waals surface area contributed by atoms with Crippen LogP contribution in [0.4, 0.5) is 8.78 Å². The first-order valence-electron chi connectivity index (χ1n) is 3.50. The van der Waals surface area contributed by atoms with E-state index < -0.39 is 18.5 Å². The summed E-state index contributed by atoms with van der Waals surface area (Å²) in [5.74, 6) is -1.50. The van der Waals surface area contributed by atoms with E-state index in [-0.39, 0.29) is 11.3 Å². The highest BCUT2D eigenvalue weighted by molar-refractivity contribution is 5.96. The molecule has 70 valence electrons. The minimum absolute atomic E-state index is 0.171. The van der Waals surface area contributed by atoms with Crippen LogP contribution in [0.3, 0.4) is 0 Å². The number of hydrogen-bond acceptors (Lipinski definition) is 3. The van der Waals surface area contributed by atoms with Crippen molar-refractivity contribution in [1.29, 1.82) is 0 Å². The molecule has 5 heteroatoms. The molecule has 0 aromatic carbocycles. The van der Waals surface area contributed by atoms with Crippen LogP contribution >= 0.6 is 0 Å². The first-order chi connectivity index (χ1) is 6.16. The van der Waals surface area contributed by atoms with Crippen molar-refractivity contribution < 1.29 is 18.3 Å². The highest BCUT2D eigenvalue weighted by Crippen LogP contribution is 2.20. The minimum Gasteiger partial charge on any atom is -0.460 e. The molecular formula is C8H7F2NO2. The molecule has 0 N–H and O–H groups in total. The third-order valence-corrected chi connectivity index (χ3v) is 1.43. The molecule has 0 aliphatic heterocycles. The first kappa shape index (κ1) is 9.57. The Labute approximate surface area is 73.4 Å². The van der Waals surface area contributed by atoms with Crippen LogP contribution in [0.25, 0.3) is 0 Å². The van der Waals surface area contributed by atoms with Crippen molar-refractivity contribution in [3.05, 3.63) is 23.8 Å². The van der Waals surface area contributed by atoms with E-state index in [1.54, 1.807) is 0 Å². The molecule has 0 atom stereocenters. The van der Waals surface area contributed by atoms with Crippen molar-refractivity contribution >= 4 is 5.78 Å². The van der Waals surface area contributed by atoms with Gasteiger partial charge in [-0.1, -0.05) is 0 Å². The van der Waals surface area contributed by atoms with E-state index in [0.29, 0.717) is 0 Å². The SMILES string of the molecule is CC(=O)c1c(F)cncc1OCF. The van der Waals surface area contributed by atoms with Crippen molar-refractivity contribution in [2.24, 2.45) is 0 Å². The summed E-state index contributed by atoms with van der Waals surface area (Å²) in [7, 11) is 0. The van der Waals surface area contributed by atoms with Crippen LogP contribution in [0.5, 0.6) is 5.75 Å². The van der Waals surface area contributed by atoms with E-state index in [4.69, 9.17) is 0 Å². The van der Waals surface area contributed by atoms with Gasteiger partial charge >= 0.3 is 0 Å². The highest BCUT2D eigenvalue weighted by Gasteiger charge is 2.14. The smallest absolute Gasteiger partial charge is 0.228 e. The molecule has 1 aromatic rings. The molecule has 0 fully saturated rings. The molecule has 0 saturated heterocycles. The number of carbonyl (C=O) groups excluding carboxylic acids is 1. The number of carbonyl (C=O) groups is 1. The van der Waals surface area contributed by atoms with Crippen LogP contribution in [0.15, 0.2) is 12.4 Å². The van der Waals surface area contributed by atoms with Gasteiger partial charge in [0, 0.05) is 0 Å². The average Bonchev–Trinajstić information content (AvgIpc) is 2.04. The van der Waals surface area contributed by atoms with Crippen molar-refractivity contribution in [2.75, 3.05) is 6.86 Å². The number of hydrogen-bond donors (Lipinski definition) is 0. The number of Topliss-reactive ketones (excluding diaryl/α,β-unsaturated/α-hetero) is 1. The van der Waals surface area contributed by atoms with Gasteiger partial charge in [0.25, 0.3) is 0 Å². The zero-order chi connectivity index (χ0) is 9.84. The lowest BCUT2D eigenvalue weighted by atomic mass is 10.2. The van der Waals surface area contributed by atoms with E-state index in [2.05, 4.69) is 9.72 Å². The molecule has 1 aromatic heterocycles. The molecule has 0 aliphatic rings. The first-order valence-corrected chi connectivity index (χ1v) is 3.50. The van der Waals surface area contributed by atoms with Crippen molar-refractivity contribution in [1.82, 2.24) is 4.98 Å². The normalized spacial score (nSPS) is 9.77.